The van der Waals surface area contributed by atoms with E-state index in [-0.39, 0.29) is 17.4 Å². The molecule has 31 heavy (non-hydrogen) atoms. The summed E-state index contributed by atoms with van der Waals surface area (Å²) in [4.78, 5) is 0. The Kier molecular flexibility index (Phi) is 8.85. The van der Waals surface area contributed by atoms with Crippen molar-refractivity contribution in [3.63, 3.8) is 0 Å². The number of aliphatic hydroxyl groups is 1. The molecule has 2 aliphatic carbocycles. The monoisotopic (exact) mass is 428 g/mol. The van der Waals surface area contributed by atoms with Crippen molar-refractivity contribution in [3.05, 3.63) is 40.5 Å². The van der Waals surface area contributed by atoms with Crippen LogP contribution in [0.15, 0.2) is 23.8 Å². The Morgan fingerprint density at radius 2 is 1.77 bits per heavy atom. The first-order valence-electron chi connectivity index (χ1n) is 12.8. The first-order valence-corrected chi connectivity index (χ1v) is 12.8. The van der Waals surface area contributed by atoms with Gasteiger partial charge in [-0.05, 0) is 70.6 Å². The highest BCUT2D eigenvalue weighted by molar-refractivity contribution is 5.52. The average molecular weight is 429 g/mol. The van der Waals surface area contributed by atoms with Crippen molar-refractivity contribution in [1.82, 2.24) is 0 Å². The molecule has 0 aliphatic heterocycles. The number of benzene rings is 1. The highest BCUT2D eigenvalue weighted by Gasteiger charge is 2.48. The minimum Gasteiger partial charge on any atom is -0.508 e. The molecule has 0 fully saturated rings. The third-order valence-corrected chi connectivity index (χ3v) is 8.37. The topological polar surface area (TPSA) is 40.5 Å². The van der Waals surface area contributed by atoms with Gasteiger partial charge in [0.25, 0.3) is 0 Å². The normalized spacial score (nSPS) is 24.4. The van der Waals surface area contributed by atoms with Crippen molar-refractivity contribution >= 4 is 0 Å². The van der Waals surface area contributed by atoms with Crippen LogP contribution in [-0.4, -0.2) is 16.8 Å². The summed E-state index contributed by atoms with van der Waals surface area (Å²) >= 11 is 0. The highest BCUT2D eigenvalue weighted by Crippen LogP contribution is 2.60. The Morgan fingerprint density at radius 1 is 1.10 bits per heavy atom. The van der Waals surface area contributed by atoms with Gasteiger partial charge in [-0.1, -0.05) is 93.2 Å². The minimum atomic E-state index is 0.0731. The number of fused-ring (bicyclic) bond motifs is 3. The fraction of sp³-hybridized carbons (Fsp3) is 0.724. The quantitative estimate of drug-likeness (QED) is 0.339. The van der Waals surface area contributed by atoms with E-state index in [0.29, 0.717) is 23.5 Å². The van der Waals surface area contributed by atoms with Crippen molar-refractivity contribution in [3.8, 4) is 5.75 Å². The Labute approximate surface area is 192 Å². The summed E-state index contributed by atoms with van der Waals surface area (Å²) in [5, 5.41) is 20.9. The largest absolute Gasteiger partial charge is 0.508 e. The molecule has 2 heteroatoms. The second kappa shape index (κ2) is 10.6. The van der Waals surface area contributed by atoms with Crippen LogP contribution in [0, 0.1) is 11.3 Å². The van der Waals surface area contributed by atoms with E-state index >= 15 is 0 Å². The molecular formula is C29H48O2. The summed E-state index contributed by atoms with van der Waals surface area (Å²) in [7, 11) is 0. The highest BCUT2D eigenvalue weighted by atomic mass is 16.3. The fourth-order valence-electron chi connectivity index (χ4n) is 5.89. The van der Waals surface area contributed by atoms with Crippen LogP contribution in [0.5, 0.6) is 5.75 Å². The van der Waals surface area contributed by atoms with Gasteiger partial charge in [-0.15, -0.1) is 0 Å². The lowest BCUT2D eigenvalue weighted by Crippen LogP contribution is -2.40. The first kappa shape index (κ1) is 26.0. The van der Waals surface area contributed by atoms with Crippen molar-refractivity contribution in [2.45, 2.75) is 118 Å². The molecule has 0 saturated heterocycles. The van der Waals surface area contributed by atoms with E-state index in [2.05, 4.69) is 59.8 Å². The molecule has 0 aromatic heterocycles. The lowest BCUT2D eigenvalue weighted by atomic mass is 9.53. The molecule has 3 atom stereocenters. The molecule has 0 radical (unpaired) electrons. The summed E-state index contributed by atoms with van der Waals surface area (Å²) in [6.07, 6.45) is 10.4. The molecule has 0 amide bonds. The number of allylic oxidation sites excluding steroid dienone is 1. The van der Waals surface area contributed by atoms with Crippen LogP contribution < -0.4 is 0 Å². The van der Waals surface area contributed by atoms with Crippen LogP contribution in [0.3, 0.4) is 0 Å². The SMILES string of the molecule is CC.CCCCCCC(C)(C)c1cc(O)c2c(c1)C(C)C(C)(C)C1CC=C(CO)C[C@H]21. The van der Waals surface area contributed by atoms with E-state index < -0.39 is 0 Å². The molecule has 0 spiro atoms. The fourth-order valence-corrected chi connectivity index (χ4v) is 5.89. The zero-order valence-corrected chi connectivity index (χ0v) is 21.5. The van der Waals surface area contributed by atoms with Crippen LogP contribution in [0.1, 0.15) is 129 Å². The van der Waals surface area contributed by atoms with Gasteiger partial charge in [-0.25, -0.2) is 0 Å². The molecule has 3 rings (SSSR count). The van der Waals surface area contributed by atoms with Gasteiger partial charge in [0.2, 0.25) is 0 Å². The van der Waals surface area contributed by atoms with Gasteiger partial charge in [-0.3, -0.25) is 0 Å². The Hall–Kier alpha value is -1.28. The molecule has 2 N–H and O–H groups in total. The predicted octanol–water partition coefficient (Wildman–Crippen LogP) is 8.22. The zero-order chi connectivity index (χ0) is 23.4. The molecule has 0 heterocycles. The Balaban J connectivity index is 0.00000166. The number of unbranched alkanes of at least 4 members (excludes halogenated alkanes) is 3. The molecule has 2 aliphatic rings. The van der Waals surface area contributed by atoms with Crippen LogP contribution in [0.4, 0.5) is 0 Å². The Morgan fingerprint density at radius 3 is 2.39 bits per heavy atom. The van der Waals surface area contributed by atoms with Gasteiger partial charge in [0.05, 0.1) is 6.61 Å². The van der Waals surface area contributed by atoms with Crippen LogP contribution in [0.25, 0.3) is 0 Å². The first-order chi connectivity index (χ1) is 14.6. The molecular weight excluding hydrogens is 380 g/mol. The maximum atomic E-state index is 11.2. The van der Waals surface area contributed by atoms with E-state index in [0.717, 1.165) is 30.4 Å². The van der Waals surface area contributed by atoms with Crippen LogP contribution in [-0.2, 0) is 5.41 Å². The third-order valence-electron chi connectivity index (χ3n) is 8.37. The third kappa shape index (κ3) is 5.21. The van der Waals surface area contributed by atoms with Crippen molar-refractivity contribution in [2.75, 3.05) is 6.61 Å². The number of phenolic OH excluding ortho intramolecular Hbond substituents is 1. The maximum Gasteiger partial charge on any atom is 0.119 e. The van der Waals surface area contributed by atoms with Crippen molar-refractivity contribution in [2.24, 2.45) is 11.3 Å². The molecule has 176 valence electrons. The molecule has 1 aromatic rings. The minimum absolute atomic E-state index is 0.0731. The summed E-state index contributed by atoms with van der Waals surface area (Å²) in [6.45, 7) is 18.2. The molecule has 1 aromatic carbocycles. The molecule has 2 nitrogen and oxygen atoms in total. The second-order valence-electron chi connectivity index (χ2n) is 10.9. The van der Waals surface area contributed by atoms with Crippen molar-refractivity contribution in [1.29, 1.82) is 0 Å². The number of aliphatic hydroxyl groups excluding tert-OH is 1. The standard InChI is InChI=1S/C27H42O2.C2H6/c1-7-8-9-10-13-26(3,4)20-15-21-18(2)27(5,6)23-12-11-19(17-28)14-22(23)25(21)24(29)16-20;1-2/h11,15-16,18,22-23,28-29H,7-10,12-14,17H2,1-6H3;1-2H3/t18?,22-,23?;/m0./s1. The van der Waals surface area contributed by atoms with Gasteiger partial charge in [0.15, 0.2) is 0 Å². The zero-order valence-electron chi connectivity index (χ0n) is 21.5. The second-order valence-corrected chi connectivity index (χ2v) is 10.9. The van der Waals surface area contributed by atoms with Gasteiger partial charge in [0.1, 0.15) is 5.75 Å². The van der Waals surface area contributed by atoms with Gasteiger partial charge < -0.3 is 10.2 Å². The summed E-state index contributed by atoms with van der Waals surface area (Å²) < 4.78 is 0. The summed E-state index contributed by atoms with van der Waals surface area (Å²) in [5.74, 6) is 1.71. The van der Waals surface area contributed by atoms with Gasteiger partial charge in [0, 0.05) is 5.56 Å². The Bertz CT molecular complexity index is 756. The molecule has 0 saturated carbocycles. The summed E-state index contributed by atoms with van der Waals surface area (Å²) in [6, 6.07) is 4.46. The summed E-state index contributed by atoms with van der Waals surface area (Å²) in [5.41, 5.74) is 5.15. The maximum absolute atomic E-state index is 11.2. The number of hydrogen-bond acceptors (Lipinski definition) is 2. The predicted molar refractivity (Wildman–Crippen MR) is 134 cm³/mol. The van der Waals surface area contributed by atoms with E-state index in [1.54, 1.807) is 0 Å². The lowest BCUT2D eigenvalue weighted by Gasteiger charge is -2.51. The number of hydrogen-bond donors (Lipinski definition) is 2. The van der Waals surface area contributed by atoms with Crippen LogP contribution >= 0.6 is 0 Å². The molecule has 0 bridgehead atoms. The number of phenols is 1. The average Bonchev–Trinajstić information content (AvgIpc) is 2.75. The lowest BCUT2D eigenvalue weighted by molar-refractivity contribution is 0.114. The van der Waals surface area contributed by atoms with E-state index in [4.69, 9.17) is 0 Å². The number of aromatic hydroxyl groups is 1. The van der Waals surface area contributed by atoms with E-state index in [1.165, 1.54) is 36.8 Å². The van der Waals surface area contributed by atoms with E-state index in [9.17, 15) is 10.2 Å². The van der Waals surface area contributed by atoms with Gasteiger partial charge >= 0.3 is 0 Å². The number of rotatable bonds is 7. The van der Waals surface area contributed by atoms with Crippen molar-refractivity contribution < 1.29 is 10.2 Å². The van der Waals surface area contributed by atoms with Crippen LogP contribution in [0.2, 0.25) is 0 Å². The van der Waals surface area contributed by atoms with E-state index in [1.807, 2.05) is 13.8 Å². The molecule has 2 unspecified atom stereocenters. The smallest absolute Gasteiger partial charge is 0.119 e. The van der Waals surface area contributed by atoms with Gasteiger partial charge in [-0.2, -0.15) is 0 Å².